The van der Waals surface area contributed by atoms with Gasteiger partial charge in [-0.2, -0.15) is 0 Å². The second kappa shape index (κ2) is 5.62. The zero-order valence-electron chi connectivity index (χ0n) is 9.39. The van der Waals surface area contributed by atoms with Gasteiger partial charge in [-0.05, 0) is 12.5 Å². The van der Waals surface area contributed by atoms with Crippen molar-refractivity contribution in [2.45, 2.75) is 6.42 Å². The van der Waals surface area contributed by atoms with Crippen LogP contribution in [0.25, 0.3) is 0 Å². The van der Waals surface area contributed by atoms with Gasteiger partial charge in [0, 0.05) is 18.9 Å². The maximum Gasteiger partial charge on any atom is 0.267 e. The third kappa shape index (κ3) is 5.30. The van der Waals surface area contributed by atoms with Crippen molar-refractivity contribution in [2.24, 2.45) is 0 Å². The van der Waals surface area contributed by atoms with Gasteiger partial charge in [0.1, 0.15) is 15.5 Å². The fraction of sp³-hybridized carbons (Fsp3) is 0.400. The monoisotopic (exact) mass is 258 g/mol. The smallest absolute Gasteiger partial charge is 0.267 e. The van der Waals surface area contributed by atoms with Crippen molar-refractivity contribution in [1.82, 2.24) is 10.3 Å². The summed E-state index contributed by atoms with van der Waals surface area (Å²) in [5.74, 6) is -0.394. The van der Waals surface area contributed by atoms with Crippen molar-refractivity contribution >= 4 is 15.7 Å². The summed E-state index contributed by atoms with van der Waals surface area (Å²) < 4.78 is 21.7. The number of amides is 1. The van der Waals surface area contributed by atoms with Gasteiger partial charge in [-0.25, -0.2) is 8.42 Å². The third-order valence-corrected chi connectivity index (χ3v) is 3.02. The van der Waals surface area contributed by atoms with Crippen LogP contribution in [-0.4, -0.2) is 37.9 Å². The Hall–Kier alpha value is -1.63. The van der Waals surface area contributed by atoms with E-state index >= 15 is 0 Å². The maximum absolute atomic E-state index is 11.5. The van der Waals surface area contributed by atoms with Crippen LogP contribution < -0.4 is 10.9 Å². The van der Waals surface area contributed by atoms with E-state index in [2.05, 4.69) is 10.3 Å². The molecule has 0 aliphatic rings. The summed E-state index contributed by atoms with van der Waals surface area (Å²) in [4.78, 5) is 24.8. The Bertz CT molecular complexity index is 547. The number of H-pyrrole nitrogens is 1. The Balaban J connectivity index is 2.43. The van der Waals surface area contributed by atoms with Gasteiger partial charge in [-0.3, -0.25) is 9.59 Å². The Morgan fingerprint density at radius 1 is 1.41 bits per heavy atom. The molecular formula is C10H14N2O4S. The standard InChI is InChI=1S/C10H14N2O4S/c1-17(15,16)7-3-6-11-10(14)8-4-2-5-9(13)12-8/h2,4-5H,3,6-7H2,1H3,(H,11,14)(H,12,13). The number of hydrogen-bond acceptors (Lipinski definition) is 4. The highest BCUT2D eigenvalue weighted by Crippen LogP contribution is 1.91. The van der Waals surface area contributed by atoms with Gasteiger partial charge in [0.15, 0.2) is 0 Å². The van der Waals surface area contributed by atoms with Gasteiger partial charge in [0.05, 0.1) is 5.75 Å². The fourth-order valence-electron chi connectivity index (χ4n) is 1.21. The third-order valence-electron chi connectivity index (χ3n) is 1.99. The predicted molar refractivity (Wildman–Crippen MR) is 63.7 cm³/mol. The topological polar surface area (TPSA) is 96.1 Å². The molecule has 6 nitrogen and oxygen atoms in total. The molecule has 0 unspecified atom stereocenters. The van der Waals surface area contributed by atoms with Crippen LogP contribution in [0.5, 0.6) is 0 Å². The molecule has 0 aliphatic carbocycles. The van der Waals surface area contributed by atoms with Gasteiger partial charge in [0.25, 0.3) is 5.91 Å². The van der Waals surface area contributed by atoms with Crippen LogP contribution in [0.1, 0.15) is 16.9 Å². The lowest BCUT2D eigenvalue weighted by atomic mass is 10.3. The summed E-state index contributed by atoms with van der Waals surface area (Å²) in [5, 5.41) is 2.53. The predicted octanol–water partition coefficient (Wildman–Crippen LogP) is -0.461. The number of hydrogen-bond donors (Lipinski definition) is 2. The van der Waals surface area contributed by atoms with Gasteiger partial charge in [-0.1, -0.05) is 6.07 Å². The molecule has 17 heavy (non-hydrogen) atoms. The van der Waals surface area contributed by atoms with Gasteiger partial charge in [-0.15, -0.1) is 0 Å². The summed E-state index contributed by atoms with van der Waals surface area (Å²) in [6, 6.07) is 4.26. The molecule has 1 heterocycles. The number of nitrogens with one attached hydrogen (secondary N) is 2. The minimum absolute atomic E-state index is 0.0264. The van der Waals surface area contributed by atoms with Gasteiger partial charge < -0.3 is 10.3 Å². The van der Waals surface area contributed by atoms with Crippen molar-refractivity contribution in [3.05, 3.63) is 34.2 Å². The second-order valence-electron chi connectivity index (χ2n) is 3.67. The van der Waals surface area contributed by atoms with E-state index in [0.717, 1.165) is 6.26 Å². The first kappa shape index (κ1) is 13.4. The molecule has 0 radical (unpaired) electrons. The zero-order chi connectivity index (χ0) is 12.9. The Labute approximate surface area is 99.0 Å². The normalized spacial score (nSPS) is 11.1. The first-order chi connectivity index (χ1) is 7.88. The van der Waals surface area contributed by atoms with E-state index in [1.165, 1.54) is 18.2 Å². The molecule has 0 spiro atoms. The molecule has 0 fully saturated rings. The first-order valence-corrected chi connectivity index (χ1v) is 7.10. The molecule has 0 aliphatic heterocycles. The van der Waals surface area contributed by atoms with Crippen molar-refractivity contribution in [2.75, 3.05) is 18.6 Å². The number of rotatable bonds is 5. The molecule has 2 N–H and O–H groups in total. The molecule has 0 aromatic carbocycles. The second-order valence-corrected chi connectivity index (χ2v) is 5.93. The van der Waals surface area contributed by atoms with E-state index in [1.807, 2.05) is 0 Å². The molecule has 1 rings (SSSR count). The van der Waals surface area contributed by atoms with Gasteiger partial charge in [0.2, 0.25) is 5.56 Å². The Morgan fingerprint density at radius 2 is 2.12 bits per heavy atom. The number of pyridine rings is 1. The molecule has 0 atom stereocenters. The first-order valence-electron chi connectivity index (χ1n) is 5.04. The highest BCUT2D eigenvalue weighted by atomic mass is 32.2. The van der Waals surface area contributed by atoms with Crippen LogP contribution in [0.2, 0.25) is 0 Å². The minimum atomic E-state index is -3.00. The van der Waals surface area contributed by atoms with Crippen LogP contribution in [0.15, 0.2) is 23.0 Å². The highest BCUT2D eigenvalue weighted by molar-refractivity contribution is 7.90. The highest BCUT2D eigenvalue weighted by Gasteiger charge is 2.06. The number of carbonyl (C=O) groups is 1. The largest absolute Gasteiger partial charge is 0.351 e. The molecule has 0 saturated carbocycles. The number of aromatic amines is 1. The molecule has 7 heteroatoms. The molecule has 1 aromatic heterocycles. The van der Waals surface area contributed by atoms with Crippen molar-refractivity contribution in [1.29, 1.82) is 0 Å². The summed E-state index contributed by atoms with van der Waals surface area (Å²) in [6.07, 6.45) is 1.49. The quantitative estimate of drug-likeness (QED) is 0.698. The zero-order valence-corrected chi connectivity index (χ0v) is 10.2. The van der Waals surface area contributed by atoms with Gasteiger partial charge >= 0.3 is 0 Å². The van der Waals surface area contributed by atoms with Crippen molar-refractivity contribution in [3.8, 4) is 0 Å². The molecular weight excluding hydrogens is 244 g/mol. The summed E-state index contributed by atoms with van der Waals surface area (Å²) in [5.41, 5.74) is -0.189. The van der Waals surface area contributed by atoms with Crippen LogP contribution in [0, 0.1) is 0 Å². The van der Waals surface area contributed by atoms with E-state index < -0.39 is 15.7 Å². The van der Waals surface area contributed by atoms with E-state index in [4.69, 9.17) is 0 Å². The van der Waals surface area contributed by atoms with E-state index in [9.17, 15) is 18.0 Å². The minimum Gasteiger partial charge on any atom is -0.351 e. The summed E-state index contributed by atoms with van der Waals surface area (Å²) in [6.45, 7) is 0.253. The van der Waals surface area contributed by atoms with Crippen LogP contribution in [0.4, 0.5) is 0 Å². The lowest BCUT2D eigenvalue weighted by Crippen LogP contribution is -2.28. The van der Waals surface area contributed by atoms with E-state index in [0.29, 0.717) is 6.42 Å². The molecule has 0 bridgehead atoms. The van der Waals surface area contributed by atoms with E-state index in [1.54, 1.807) is 0 Å². The average Bonchev–Trinajstić information content (AvgIpc) is 2.23. The SMILES string of the molecule is CS(=O)(=O)CCCNC(=O)c1cccc(=O)[nH]1. The number of carbonyl (C=O) groups excluding carboxylic acids is 1. The van der Waals surface area contributed by atoms with Crippen molar-refractivity contribution < 1.29 is 13.2 Å². The lowest BCUT2D eigenvalue weighted by molar-refractivity contribution is 0.0948. The molecule has 0 saturated heterocycles. The number of sulfone groups is 1. The summed E-state index contributed by atoms with van der Waals surface area (Å²) in [7, 11) is -3.00. The Kier molecular flexibility index (Phi) is 4.45. The van der Waals surface area contributed by atoms with Crippen LogP contribution in [0.3, 0.4) is 0 Å². The van der Waals surface area contributed by atoms with Crippen LogP contribution in [-0.2, 0) is 9.84 Å². The number of aromatic nitrogens is 1. The van der Waals surface area contributed by atoms with Crippen molar-refractivity contribution in [3.63, 3.8) is 0 Å². The fourth-order valence-corrected chi connectivity index (χ4v) is 1.88. The molecule has 94 valence electrons. The maximum atomic E-state index is 11.5. The average molecular weight is 258 g/mol. The Morgan fingerprint density at radius 3 is 2.71 bits per heavy atom. The molecule has 1 amide bonds. The molecule has 1 aromatic rings. The van der Waals surface area contributed by atoms with Crippen LogP contribution >= 0.6 is 0 Å². The summed E-state index contributed by atoms with van der Waals surface area (Å²) >= 11 is 0. The lowest BCUT2D eigenvalue weighted by Gasteiger charge is -2.04. The van der Waals surface area contributed by atoms with E-state index in [-0.39, 0.29) is 23.6 Å².